The number of hydrogen-bond donors (Lipinski definition) is 1. The predicted molar refractivity (Wildman–Crippen MR) is 245 cm³/mol. The topological polar surface area (TPSA) is 165 Å². The largest absolute Gasteiger partial charge is 0.489 e. The number of carbonyl (C=O) groups excluding carboxylic acids is 4. The molecule has 0 spiro atoms. The van der Waals surface area contributed by atoms with Crippen molar-refractivity contribution in [3.05, 3.63) is 105 Å². The van der Waals surface area contributed by atoms with Crippen LogP contribution in [-0.4, -0.2) is 131 Å². The highest BCUT2D eigenvalue weighted by atomic mass is 35.5. The van der Waals surface area contributed by atoms with E-state index in [9.17, 15) is 24.4 Å². The highest BCUT2D eigenvalue weighted by molar-refractivity contribution is 6.32. The maximum atomic E-state index is 13.6. The van der Waals surface area contributed by atoms with Crippen molar-refractivity contribution in [3.63, 3.8) is 0 Å². The van der Waals surface area contributed by atoms with Gasteiger partial charge in [-0.15, -0.1) is 11.6 Å². The number of anilines is 2. The number of likely N-dealkylation sites (tertiary alicyclic amines) is 1. The molecule has 1 unspecified atom stereocenters. The number of aromatic nitrogens is 2. The lowest BCUT2D eigenvalue weighted by molar-refractivity contribution is -0.136. The molecule has 4 aromatic rings. The zero-order valence-corrected chi connectivity index (χ0v) is 38.0. The Morgan fingerprint density at radius 2 is 1.58 bits per heavy atom. The van der Waals surface area contributed by atoms with Crippen molar-refractivity contribution in [1.82, 2.24) is 30.0 Å². The maximum Gasteiger partial charge on any atom is 0.264 e. The lowest BCUT2D eigenvalue weighted by Gasteiger charge is -2.50. The molecule has 17 heteroatoms. The third-order valence-corrected chi connectivity index (χ3v) is 14.1. The van der Waals surface area contributed by atoms with Gasteiger partial charge >= 0.3 is 0 Å². The van der Waals surface area contributed by atoms with Crippen molar-refractivity contribution in [1.29, 1.82) is 5.26 Å². The first-order chi connectivity index (χ1) is 31.4. The number of rotatable bonds is 13. The van der Waals surface area contributed by atoms with Gasteiger partial charge in [0.1, 0.15) is 31.1 Å². The molecule has 0 saturated carbocycles. The van der Waals surface area contributed by atoms with Crippen LogP contribution in [0.3, 0.4) is 0 Å². The van der Waals surface area contributed by atoms with Gasteiger partial charge in [0.05, 0.1) is 39.0 Å². The molecule has 5 aliphatic heterocycles. The Kier molecular flexibility index (Phi) is 12.7. The first kappa shape index (κ1) is 44.4. The fourth-order valence-electron chi connectivity index (χ4n) is 9.78. The van der Waals surface area contributed by atoms with E-state index in [1.807, 2.05) is 48.5 Å². The third-order valence-electron chi connectivity index (χ3n) is 13.7. The summed E-state index contributed by atoms with van der Waals surface area (Å²) in [7, 11) is 0. The molecule has 1 N–H and O–H groups in total. The molecule has 65 heavy (non-hydrogen) atoms. The standard InChI is InChI=1S/C48H51Cl2N9O6/c1-48(2,32-24-30(26-51)43(38(50)25-32)64-23-15-49)31-6-8-36(9-7-31)65-29-33-12-16-52-47(53-33)57-21-19-56(20-22-57)34-13-17-55(18-14-34)35-27-58(28-35)39-5-3-4-37-42(39)46(63)59(45(37)62)40-10-11-41(60)54-44(40)61/h3-9,12,16,24-25,34-35,40H,10-11,13-15,17-23,27-29H2,1-2H3,(H,54,60,61). The van der Waals surface area contributed by atoms with Crippen LogP contribution in [0, 0.1) is 11.3 Å². The van der Waals surface area contributed by atoms with E-state index in [2.05, 4.69) is 49.8 Å². The van der Waals surface area contributed by atoms with E-state index in [1.54, 1.807) is 18.3 Å². The minimum atomic E-state index is -0.981. The van der Waals surface area contributed by atoms with Crippen molar-refractivity contribution in [2.24, 2.45) is 0 Å². The number of nitrogens with zero attached hydrogens (tertiary/aromatic N) is 8. The number of amides is 4. The summed E-state index contributed by atoms with van der Waals surface area (Å²) in [6.07, 6.45) is 4.19. The first-order valence-electron chi connectivity index (χ1n) is 22.2. The van der Waals surface area contributed by atoms with Gasteiger partial charge in [0.2, 0.25) is 17.8 Å². The van der Waals surface area contributed by atoms with Gasteiger partial charge in [-0.1, -0.05) is 43.6 Å². The number of ether oxygens (including phenoxy) is 2. The molecule has 0 aliphatic carbocycles. The fraction of sp³-hybridized carbons (Fsp3) is 0.438. The average molecular weight is 921 g/mol. The molecule has 3 aromatic carbocycles. The number of nitriles is 1. The Morgan fingerprint density at radius 1 is 0.846 bits per heavy atom. The van der Waals surface area contributed by atoms with Crippen LogP contribution < -0.4 is 24.6 Å². The van der Waals surface area contributed by atoms with Gasteiger partial charge in [-0.3, -0.25) is 39.2 Å². The zero-order valence-electron chi connectivity index (χ0n) is 36.5. The molecule has 338 valence electrons. The summed E-state index contributed by atoms with van der Waals surface area (Å²) in [4.78, 5) is 71.3. The molecular formula is C48H51Cl2N9O6. The van der Waals surface area contributed by atoms with Crippen LogP contribution in [-0.2, 0) is 21.6 Å². The Morgan fingerprint density at radius 3 is 2.29 bits per heavy atom. The number of imide groups is 2. The third kappa shape index (κ3) is 8.84. The van der Waals surface area contributed by atoms with Gasteiger partial charge in [-0.25, -0.2) is 9.97 Å². The van der Waals surface area contributed by atoms with E-state index in [0.717, 1.165) is 92.6 Å². The quantitative estimate of drug-likeness (QED) is 0.134. The molecule has 1 atom stereocenters. The second-order valence-corrected chi connectivity index (χ2v) is 18.6. The number of piperidine rings is 2. The lowest BCUT2D eigenvalue weighted by atomic mass is 9.77. The van der Waals surface area contributed by atoms with Crippen molar-refractivity contribution >= 4 is 58.5 Å². The lowest BCUT2D eigenvalue weighted by Crippen LogP contribution is -2.62. The Labute approximate surface area is 388 Å². The minimum Gasteiger partial charge on any atom is -0.489 e. The number of piperazine rings is 1. The summed E-state index contributed by atoms with van der Waals surface area (Å²) in [5.41, 5.74) is 4.03. The number of benzene rings is 3. The summed E-state index contributed by atoms with van der Waals surface area (Å²) in [6.45, 7) is 11.8. The Balaban J connectivity index is 0.729. The summed E-state index contributed by atoms with van der Waals surface area (Å²) < 4.78 is 11.8. The molecule has 4 amide bonds. The van der Waals surface area contributed by atoms with E-state index in [1.165, 1.54) is 0 Å². The molecule has 0 radical (unpaired) electrons. The number of fused-ring (bicyclic) bond motifs is 1. The van der Waals surface area contributed by atoms with Crippen molar-refractivity contribution in [3.8, 4) is 17.6 Å². The average Bonchev–Trinajstić information content (AvgIpc) is 3.56. The Hall–Kier alpha value is -5.79. The van der Waals surface area contributed by atoms with Gasteiger partial charge in [-0.05, 0) is 72.9 Å². The second-order valence-electron chi connectivity index (χ2n) is 17.8. The zero-order chi connectivity index (χ0) is 45.4. The molecule has 1 aromatic heterocycles. The maximum absolute atomic E-state index is 13.6. The Bertz CT molecular complexity index is 2530. The van der Waals surface area contributed by atoms with Crippen LogP contribution in [0.5, 0.6) is 11.5 Å². The molecule has 4 fully saturated rings. The van der Waals surface area contributed by atoms with Gasteiger partial charge < -0.3 is 19.3 Å². The van der Waals surface area contributed by atoms with E-state index in [-0.39, 0.29) is 25.4 Å². The van der Waals surface area contributed by atoms with E-state index in [4.69, 9.17) is 37.7 Å². The normalized spacial score (nSPS) is 20.1. The highest BCUT2D eigenvalue weighted by Gasteiger charge is 2.47. The van der Waals surface area contributed by atoms with Crippen LogP contribution in [0.2, 0.25) is 5.02 Å². The van der Waals surface area contributed by atoms with Crippen LogP contribution in [0.25, 0.3) is 0 Å². The summed E-state index contributed by atoms with van der Waals surface area (Å²) in [6, 6.07) is 20.9. The van der Waals surface area contributed by atoms with E-state index in [0.29, 0.717) is 63.7 Å². The molecule has 0 bridgehead atoms. The molecule has 15 nitrogen and oxygen atoms in total. The smallest absolute Gasteiger partial charge is 0.264 e. The molecule has 6 heterocycles. The monoisotopic (exact) mass is 919 g/mol. The molecular weight excluding hydrogens is 869 g/mol. The van der Waals surface area contributed by atoms with Gasteiger partial charge in [0, 0.05) is 82.5 Å². The van der Waals surface area contributed by atoms with Crippen LogP contribution in [0.4, 0.5) is 11.6 Å². The van der Waals surface area contributed by atoms with Crippen molar-refractivity contribution in [2.75, 3.05) is 74.6 Å². The molecule has 4 saturated heterocycles. The van der Waals surface area contributed by atoms with Gasteiger partial charge in [-0.2, -0.15) is 5.26 Å². The number of hydrogen-bond acceptors (Lipinski definition) is 13. The summed E-state index contributed by atoms with van der Waals surface area (Å²) in [5.74, 6) is 0.127. The number of alkyl halides is 1. The number of nitrogens with one attached hydrogen (secondary N) is 1. The second kappa shape index (κ2) is 18.6. The van der Waals surface area contributed by atoms with Crippen LogP contribution in [0.1, 0.15) is 82.6 Å². The molecule has 5 aliphatic rings. The molecule has 9 rings (SSSR count). The highest BCUT2D eigenvalue weighted by Crippen LogP contribution is 2.40. The van der Waals surface area contributed by atoms with Gasteiger partial charge in [0.25, 0.3) is 11.8 Å². The summed E-state index contributed by atoms with van der Waals surface area (Å²) in [5, 5.41) is 12.4. The minimum absolute atomic E-state index is 0.0903. The fourth-order valence-corrected chi connectivity index (χ4v) is 10.1. The van der Waals surface area contributed by atoms with Crippen LogP contribution >= 0.6 is 23.2 Å². The SMILES string of the molecule is CC(C)(c1ccc(OCc2ccnc(N3CCN(C4CCN(C5CN(c6cccc7c6C(=O)N(C6CCC(=O)NC6=O)C7=O)C5)CC4)CC3)n2)cc1)c1cc(Cl)c(OCCCl)c(C#N)c1. The van der Waals surface area contributed by atoms with E-state index >= 15 is 0 Å². The van der Waals surface area contributed by atoms with Crippen molar-refractivity contribution < 1.29 is 28.7 Å². The van der Waals surface area contributed by atoms with Crippen molar-refractivity contribution in [2.45, 2.75) is 69.7 Å². The van der Waals surface area contributed by atoms with Crippen LogP contribution in [0.15, 0.2) is 66.9 Å². The van der Waals surface area contributed by atoms with Gasteiger partial charge in [0.15, 0.2) is 5.75 Å². The summed E-state index contributed by atoms with van der Waals surface area (Å²) >= 11 is 12.3. The first-order valence-corrected chi connectivity index (χ1v) is 23.2. The number of carbonyl (C=O) groups is 4. The number of halogens is 2. The van der Waals surface area contributed by atoms with E-state index < -0.39 is 29.2 Å². The predicted octanol–water partition coefficient (Wildman–Crippen LogP) is 5.40.